The Morgan fingerprint density at radius 3 is 2.26 bits per heavy atom. The Kier molecular flexibility index (Phi) is 10.3. The maximum Gasteiger partial charge on any atom is 0.329 e. The first-order chi connectivity index (χ1) is 16.0. The van der Waals surface area contributed by atoms with E-state index in [0.717, 1.165) is 5.56 Å². The Labute approximate surface area is 203 Å². The quantitative estimate of drug-likeness (QED) is 0.391. The van der Waals surface area contributed by atoms with Crippen molar-refractivity contribution in [3.63, 3.8) is 0 Å². The van der Waals surface area contributed by atoms with Gasteiger partial charge in [0.25, 0.3) is 0 Å². The van der Waals surface area contributed by atoms with Crippen molar-refractivity contribution < 1.29 is 23.9 Å². The van der Waals surface area contributed by atoms with Gasteiger partial charge in [-0.1, -0.05) is 65.0 Å². The summed E-state index contributed by atoms with van der Waals surface area (Å²) < 4.78 is 5.49. The summed E-state index contributed by atoms with van der Waals surface area (Å²) in [5.74, 6) is -2.13. The molecule has 1 saturated heterocycles. The zero-order valence-corrected chi connectivity index (χ0v) is 21.4. The SMILES string of the molecule is CC(C)C[C@H](NC(=O)C(C)C(=O)[C@@H](C)C(C)C)C(=O)N1CCC[C@H]1C(=O)OCc1ccccc1. The summed E-state index contributed by atoms with van der Waals surface area (Å²) in [5, 5.41) is 2.81. The standard InChI is InChI=1S/C27H40N2O5/c1-17(2)15-22(28-25(31)20(6)24(30)19(5)18(3)4)26(32)29-14-10-13-23(29)27(33)34-16-21-11-8-7-9-12-21/h7-9,11-12,17-20,22-23H,10,13-16H2,1-6H3,(H,28,31)/t19-,20?,22-,23-/m0/s1. The van der Waals surface area contributed by atoms with Gasteiger partial charge in [-0.15, -0.1) is 0 Å². The first-order valence-electron chi connectivity index (χ1n) is 12.4. The number of amides is 2. The second-order valence-corrected chi connectivity index (χ2v) is 10.1. The van der Waals surface area contributed by atoms with Gasteiger partial charge in [-0.3, -0.25) is 14.4 Å². The normalized spacial score (nSPS) is 18.5. The second kappa shape index (κ2) is 12.7. The summed E-state index contributed by atoms with van der Waals surface area (Å²) in [6, 6.07) is 7.94. The molecule has 1 fully saturated rings. The Morgan fingerprint density at radius 2 is 1.68 bits per heavy atom. The molecule has 0 saturated carbocycles. The summed E-state index contributed by atoms with van der Waals surface area (Å²) in [6.07, 6.45) is 1.65. The molecule has 4 atom stereocenters. The van der Waals surface area contributed by atoms with Gasteiger partial charge in [0.2, 0.25) is 11.8 Å². The predicted octanol–water partition coefficient (Wildman–Crippen LogP) is 3.75. The van der Waals surface area contributed by atoms with Crippen LogP contribution in [0.5, 0.6) is 0 Å². The number of Topliss-reactive ketones (excluding diaryl/α,β-unsaturated/α-hetero) is 1. The molecule has 1 heterocycles. The van der Waals surface area contributed by atoms with Crippen LogP contribution < -0.4 is 5.32 Å². The molecule has 1 aromatic carbocycles. The Balaban J connectivity index is 2.08. The van der Waals surface area contributed by atoms with E-state index in [-0.39, 0.29) is 36.1 Å². The number of carbonyl (C=O) groups excluding carboxylic acids is 4. The first kappa shape index (κ1) is 27.5. The van der Waals surface area contributed by atoms with Crippen molar-refractivity contribution in [2.75, 3.05) is 6.54 Å². The molecule has 0 aliphatic carbocycles. The molecular formula is C27H40N2O5. The average molecular weight is 473 g/mol. The molecule has 0 radical (unpaired) electrons. The average Bonchev–Trinajstić information content (AvgIpc) is 3.30. The highest BCUT2D eigenvalue weighted by Gasteiger charge is 2.39. The number of hydrogen-bond acceptors (Lipinski definition) is 5. The molecule has 1 aliphatic rings. The van der Waals surface area contributed by atoms with Crippen LogP contribution in [0.2, 0.25) is 0 Å². The van der Waals surface area contributed by atoms with Crippen molar-refractivity contribution in [3.05, 3.63) is 35.9 Å². The molecule has 7 heteroatoms. The van der Waals surface area contributed by atoms with Crippen molar-refractivity contribution in [1.82, 2.24) is 10.2 Å². The van der Waals surface area contributed by atoms with E-state index < -0.39 is 29.9 Å². The van der Waals surface area contributed by atoms with Gasteiger partial charge in [0, 0.05) is 12.5 Å². The number of esters is 1. The third-order valence-electron chi connectivity index (χ3n) is 6.62. The molecule has 188 valence electrons. The molecule has 2 rings (SSSR count). The number of ether oxygens (including phenoxy) is 1. The van der Waals surface area contributed by atoms with Gasteiger partial charge >= 0.3 is 5.97 Å². The molecule has 1 unspecified atom stereocenters. The van der Waals surface area contributed by atoms with Crippen LogP contribution in [0.15, 0.2) is 30.3 Å². The fourth-order valence-corrected chi connectivity index (χ4v) is 4.14. The summed E-state index contributed by atoms with van der Waals surface area (Å²) in [6.45, 7) is 11.8. The third kappa shape index (κ3) is 7.40. The number of likely N-dealkylation sites (tertiary alicyclic amines) is 1. The molecule has 1 aromatic rings. The van der Waals surface area contributed by atoms with Crippen molar-refractivity contribution in [2.45, 2.75) is 79.5 Å². The van der Waals surface area contributed by atoms with E-state index in [0.29, 0.717) is 25.8 Å². The van der Waals surface area contributed by atoms with Crippen LogP contribution in [-0.2, 0) is 30.5 Å². The van der Waals surface area contributed by atoms with Crippen molar-refractivity contribution in [1.29, 1.82) is 0 Å². The highest BCUT2D eigenvalue weighted by Crippen LogP contribution is 2.22. The first-order valence-corrected chi connectivity index (χ1v) is 12.4. The van der Waals surface area contributed by atoms with Crippen LogP contribution in [-0.4, -0.2) is 47.1 Å². The lowest BCUT2D eigenvalue weighted by Gasteiger charge is -2.30. The van der Waals surface area contributed by atoms with Gasteiger partial charge < -0.3 is 15.0 Å². The van der Waals surface area contributed by atoms with Crippen LogP contribution >= 0.6 is 0 Å². The van der Waals surface area contributed by atoms with Crippen LogP contribution in [0.3, 0.4) is 0 Å². The third-order valence-corrected chi connectivity index (χ3v) is 6.62. The molecule has 1 aliphatic heterocycles. The zero-order chi connectivity index (χ0) is 25.4. The molecule has 2 amide bonds. The van der Waals surface area contributed by atoms with Crippen LogP contribution in [0.4, 0.5) is 0 Å². The lowest BCUT2D eigenvalue weighted by Crippen LogP contribution is -2.53. The Hall–Kier alpha value is -2.70. The largest absolute Gasteiger partial charge is 0.459 e. The number of nitrogens with one attached hydrogen (secondary N) is 1. The van der Waals surface area contributed by atoms with E-state index in [1.165, 1.54) is 4.90 Å². The topological polar surface area (TPSA) is 92.8 Å². The number of ketones is 1. The fraction of sp³-hybridized carbons (Fsp3) is 0.630. The summed E-state index contributed by atoms with van der Waals surface area (Å²) in [5.41, 5.74) is 0.881. The van der Waals surface area contributed by atoms with E-state index in [1.807, 2.05) is 65.0 Å². The predicted molar refractivity (Wildman–Crippen MR) is 131 cm³/mol. The van der Waals surface area contributed by atoms with Gasteiger partial charge in [0.15, 0.2) is 0 Å². The van der Waals surface area contributed by atoms with Crippen LogP contribution in [0, 0.1) is 23.7 Å². The molecule has 1 N–H and O–H groups in total. The fourth-order valence-electron chi connectivity index (χ4n) is 4.14. The lowest BCUT2D eigenvalue weighted by molar-refractivity contribution is -0.155. The Bertz CT molecular complexity index is 852. The maximum absolute atomic E-state index is 13.5. The van der Waals surface area contributed by atoms with Gasteiger partial charge in [-0.2, -0.15) is 0 Å². The highest BCUT2D eigenvalue weighted by molar-refractivity contribution is 6.03. The summed E-state index contributed by atoms with van der Waals surface area (Å²) in [7, 11) is 0. The minimum absolute atomic E-state index is 0.128. The molecular weight excluding hydrogens is 432 g/mol. The molecule has 0 spiro atoms. The monoisotopic (exact) mass is 472 g/mol. The number of nitrogens with zero attached hydrogens (tertiary/aromatic N) is 1. The van der Waals surface area contributed by atoms with Crippen LogP contribution in [0.1, 0.15) is 66.4 Å². The second-order valence-electron chi connectivity index (χ2n) is 10.1. The van der Waals surface area contributed by atoms with Gasteiger partial charge in [-0.05, 0) is 43.6 Å². The Morgan fingerprint density at radius 1 is 1.03 bits per heavy atom. The number of hydrogen-bond donors (Lipinski definition) is 1. The van der Waals surface area contributed by atoms with Crippen molar-refractivity contribution >= 4 is 23.6 Å². The van der Waals surface area contributed by atoms with E-state index in [1.54, 1.807) is 6.92 Å². The van der Waals surface area contributed by atoms with Gasteiger partial charge in [0.1, 0.15) is 24.5 Å². The minimum Gasteiger partial charge on any atom is -0.459 e. The molecule has 0 bridgehead atoms. The van der Waals surface area contributed by atoms with Crippen LogP contribution in [0.25, 0.3) is 0 Å². The lowest BCUT2D eigenvalue weighted by atomic mass is 9.86. The van der Waals surface area contributed by atoms with Gasteiger partial charge in [-0.25, -0.2) is 4.79 Å². The molecule has 0 aromatic heterocycles. The smallest absolute Gasteiger partial charge is 0.329 e. The minimum atomic E-state index is -0.843. The zero-order valence-electron chi connectivity index (χ0n) is 21.4. The van der Waals surface area contributed by atoms with Crippen molar-refractivity contribution in [2.24, 2.45) is 23.7 Å². The number of benzene rings is 1. The number of rotatable bonds is 11. The van der Waals surface area contributed by atoms with Crippen molar-refractivity contribution in [3.8, 4) is 0 Å². The van der Waals surface area contributed by atoms with E-state index in [9.17, 15) is 19.2 Å². The van der Waals surface area contributed by atoms with E-state index in [2.05, 4.69) is 5.32 Å². The van der Waals surface area contributed by atoms with Gasteiger partial charge in [0.05, 0.1) is 5.92 Å². The number of carbonyl (C=O) groups is 4. The molecule has 7 nitrogen and oxygen atoms in total. The highest BCUT2D eigenvalue weighted by atomic mass is 16.5. The maximum atomic E-state index is 13.5. The van der Waals surface area contributed by atoms with E-state index >= 15 is 0 Å². The summed E-state index contributed by atoms with van der Waals surface area (Å²) >= 11 is 0. The molecule has 34 heavy (non-hydrogen) atoms. The van der Waals surface area contributed by atoms with E-state index in [4.69, 9.17) is 4.74 Å². The summed E-state index contributed by atoms with van der Waals surface area (Å²) in [4.78, 5) is 53.4.